The van der Waals surface area contributed by atoms with Crippen molar-refractivity contribution in [2.45, 2.75) is 25.3 Å². The first-order chi connectivity index (χ1) is 14.1. The van der Waals surface area contributed by atoms with Gasteiger partial charge in [-0.2, -0.15) is 0 Å². The number of benzene rings is 2. The van der Waals surface area contributed by atoms with Crippen molar-refractivity contribution in [3.05, 3.63) is 65.7 Å². The van der Waals surface area contributed by atoms with E-state index in [1.807, 2.05) is 35.2 Å². The van der Waals surface area contributed by atoms with Crippen LogP contribution in [0, 0.1) is 0 Å². The van der Waals surface area contributed by atoms with Crippen LogP contribution in [-0.2, 0) is 11.2 Å². The normalized spacial score (nSPS) is 14.5. The molecule has 1 heterocycles. The number of likely N-dealkylation sites (N-methyl/N-ethyl adjacent to an activating group) is 1. The second-order valence-electron chi connectivity index (χ2n) is 7.42. The minimum atomic E-state index is -0.207. The van der Waals surface area contributed by atoms with Crippen LogP contribution in [0.15, 0.2) is 54.6 Å². The molecule has 0 bridgehead atoms. The van der Waals surface area contributed by atoms with Crippen molar-refractivity contribution in [1.82, 2.24) is 9.80 Å². The number of hydrogen-bond donors (Lipinski definition) is 1. The lowest BCUT2D eigenvalue weighted by atomic mass is 10.1. The summed E-state index contributed by atoms with van der Waals surface area (Å²) in [6.07, 6.45) is 2.84. The molecule has 2 aromatic carbocycles. The van der Waals surface area contributed by atoms with Crippen LogP contribution in [0.4, 0.5) is 10.5 Å². The second-order valence-corrected chi connectivity index (χ2v) is 7.42. The molecule has 3 rings (SSSR count). The Balaban J connectivity index is 1.60. The molecule has 6 heteroatoms. The fraction of sp³-hybridized carbons (Fsp3) is 0.391. The molecule has 0 aromatic heterocycles. The number of carbonyl (C=O) groups is 2. The zero-order valence-electron chi connectivity index (χ0n) is 17.1. The highest BCUT2D eigenvalue weighted by Gasteiger charge is 2.22. The SMILES string of the molecule is COC[C@H](Cc1ccccc1)N(C)C(=O)Nc1ccc(C(=O)N2CCCC2)cc1. The number of carbonyl (C=O) groups excluding carboxylic acids is 2. The van der Waals surface area contributed by atoms with Gasteiger partial charge in [-0.05, 0) is 49.1 Å². The molecule has 1 atom stereocenters. The van der Waals surface area contributed by atoms with Crippen LogP contribution in [0.1, 0.15) is 28.8 Å². The standard InChI is InChI=1S/C23H29N3O3/c1-25(21(17-29-2)16-18-8-4-3-5-9-18)23(28)24-20-12-10-19(11-13-20)22(27)26-14-6-7-15-26/h3-5,8-13,21H,6-7,14-17H2,1-2H3,(H,24,28)/t21-/m0/s1. The number of urea groups is 1. The van der Waals surface area contributed by atoms with Crippen molar-refractivity contribution in [2.75, 3.05) is 39.2 Å². The topological polar surface area (TPSA) is 61.9 Å². The number of rotatable bonds is 7. The predicted octanol–water partition coefficient (Wildman–Crippen LogP) is 3.64. The largest absolute Gasteiger partial charge is 0.383 e. The summed E-state index contributed by atoms with van der Waals surface area (Å²) in [4.78, 5) is 28.7. The molecule has 1 N–H and O–H groups in total. The minimum Gasteiger partial charge on any atom is -0.383 e. The van der Waals surface area contributed by atoms with Gasteiger partial charge in [-0.15, -0.1) is 0 Å². The zero-order chi connectivity index (χ0) is 20.6. The molecule has 0 radical (unpaired) electrons. The van der Waals surface area contributed by atoms with E-state index in [1.165, 1.54) is 0 Å². The lowest BCUT2D eigenvalue weighted by Crippen LogP contribution is -2.43. The molecule has 1 aliphatic heterocycles. The summed E-state index contributed by atoms with van der Waals surface area (Å²) < 4.78 is 5.32. The Morgan fingerprint density at radius 3 is 2.34 bits per heavy atom. The number of anilines is 1. The maximum absolute atomic E-state index is 12.7. The second kappa shape index (κ2) is 10.1. The Bertz CT molecular complexity index is 802. The Labute approximate surface area is 172 Å². The maximum Gasteiger partial charge on any atom is 0.321 e. The van der Waals surface area contributed by atoms with Crippen LogP contribution in [0.5, 0.6) is 0 Å². The molecule has 154 valence electrons. The highest BCUT2D eigenvalue weighted by molar-refractivity contribution is 5.95. The van der Waals surface area contributed by atoms with Gasteiger partial charge in [-0.25, -0.2) is 4.79 Å². The number of hydrogen-bond acceptors (Lipinski definition) is 3. The van der Waals surface area contributed by atoms with Gasteiger partial charge in [0.25, 0.3) is 5.91 Å². The number of nitrogens with zero attached hydrogens (tertiary/aromatic N) is 2. The summed E-state index contributed by atoms with van der Waals surface area (Å²) in [7, 11) is 3.41. The first-order valence-corrected chi connectivity index (χ1v) is 10.0. The third kappa shape index (κ3) is 5.57. The lowest BCUT2D eigenvalue weighted by molar-refractivity contribution is 0.0793. The number of ether oxygens (including phenoxy) is 1. The van der Waals surface area contributed by atoms with E-state index in [-0.39, 0.29) is 18.0 Å². The first-order valence-electron chi connectivity index (χ1n) is 10.0. The van der Waals surface area contributed by atoms with Gasteiger partial charge in [0.2, 0.25) is 0 Å². The highest BCUT2D eigenvalue weighted by atomic mass is 16.5. The Morgan fingerprint density at radius 1 is 1.07 bits per heavy atom. The predicted molar refractivity (Wildman–Crippen MR) is 114 cm³/mol. The van der Waals surface area contributed by atoms with E-state index in [0.29, 0.717) is 24.3 Å². The lowest BCUT2D eigenvalue weighted by Gasteiger charge is -2.28. The summed E-state index contributed by atoms with van der Waals surface area (Å²) in [6.45, 7) is 2.09. The molecule has 1 aliphatic rings. The molecule has 0 saturated carbocycles. The van der Waals surface area contributed by atoms with Gasteiger partial charge in [0.15, 0.2) is 0 Å². The Morgan fingerprint density at radius 2 is 1.72 bits per heavy atom. The zero-order valence-corrected chi connectivity index (χ0v) is 17.1. The van der Waals surface area contributed by atoms with E-state index in [1.54, 1.807) is 43.3 Å². The molecule has 0 unspecified atom stereocenters. The highest BCUT2D eigenvalue weighted by Crippen LogP contribution is 2.16. The van der Waals surface area contributed by atoms with Gasteiger partial charge in [0, 0.05) is 38.5 Å². The van der Waals surface area contributed by atoms with Gasteiger partial charge in [-0.1, -0.05) is 30.3 Å². The Hall–Kier alpha value is -2.86. The average Bonchev–Trinajstić information content (AvgIpc) is 3.28. The summed E-state index contributed by atoms with van der Waals surface area (Å²) in [5.74, 6) is 0.0560. The van der Waals surface area contributed by atoms with Crippen molar-refractivity contribution in [3.8, 4) is 0 Å². The van der Waals surface area contributed by atoms with E-state index < -0.39 is 0 Å². The first kappa shape index (κ1) is 20.9. The third-order valence-electron chi connectivity index (χ3n) is 5.32. The minimum absolute atomic E-state index is 0.0560. The number of likely N-dealkylation sites (tertiary alicyclic amines) is 1. The third-order valence-corrected chi connectivity index (χ3v) is 5.32. The Kier molecular flexibility index (Phi) is 7.25. The molecular formula is C23H29N3O3. The molecule has 29 heavy (non-hydrogen) atoms. The number of amides is 3. The van der Waals surface area contributed by atoms with Gasteiger partial charge < -0.3 is 19.9 Å². The molecule has 0 spiro atoms. The van der Waals surface area contributed by atoms with Crippen LogP contribution in [0.25, 0.3) is 0 Å². The number of methoxy groups -OCH3 is 1. The molecule has 0 aliphatic carbocycles. The van der Waals surface area contributed by atoms with E-state index in [4.69, 9.17) is 4.74 Å². The van der Waals surface area contributed by atoms with Crippen LogP contribution in [0.2, 0.25) is 0 Å². The van der Waals surface area contributed by atoms with Crippen molar-refractivity contribution in [3.63, 3.8) is 0 Å². The fourth-order valence-electron chi connectivity index (χ4n) is 3.56. The van der Waals surface area contributed by atoms with Crippen LogP contribution in [0.3, 0.4) is 0 Å². The molecule has 2 aromatic rings. The van der Waals surface area contributed by atoms with Gasteiger partial charge in [-0.3, -0.25) is 4.79 Å². The van der Waals surface area contributed by atoms with E-state index in [0.717, 1.165) is 31.5 Å². The van der Waals surface area contributed by atoms with Crippen LogP contribution >= 0.6 is 0 Å². The summed E-state index contributed by atoms with van der Waals surface area (Å²) in [5, 5.41) is 2.91. The van der Waals surface area contributed by atoms with Crippen LogP contribution < -0.4 is 5.32 Å². The molecular weight excluding hydrogens is 366 g/mol. The van der Waals surface area contributed by atoms with Crippen molar-refractivity contribution < 1.29 is 14.3 Å². The van der Waals surface area contributed by atoms with Gasteiger partial charge in [0.05, 0.1) is 12.6 Å². The summed E-state index contributed by atoms with van der Waals surface area (Å²) in [6, 6.07) is 16.8. The number of nitrogens with one attached hydrogen (secondary N) is 1. The molecule has 1 fully saturated rings. The molecule has 6 nitrogen and oxygen atoms in total. The summed E-state index contributed by atoms with van der Waals surface area (Å²) in [5.41, 5.74) is 2.47. The quantitative estimate of drug-likeness (QED) is 0.779. The molecule has 3 amide bonds. The maximum atomic E-state index is 12.7. The van der Waals surface area contributed by atoms with Crippen molar-refractivity contribution in [1.29, 1.82) is 0 Å². The van der Waals surface area contributed by atoms with E-state index in [2.05, 4.69) is 5.32 Å². The van der Waals surface area contributed by atoms with Crippen LogP contribution in [-0.4, -0.2) is 61.6 Å². The van der Waals surface area contributed by atoms with Gasteiger partial charge >= 0.3 is 6.03 Å². The smallest absolute Gasteiger partial charge is 0.321 e. The average molecular weight is 396 g/mol. The summed E-state index contributed by atoms with van der Waals surface area (Å²) >= 11 is 0. The fourth-order valence-corrected chi connectivity index (χ4v) is 3.56. The van der Waals surface area contributed by atoms with Gasteiger partial charge in [0.1, 0.15) is 0 Å². The molecule has 1 saturated heterocycles. The van der Waals surface area contributed by atoms with Crippen molar-refractivity contribution >= 4 is 17.6 Å². The van der Waals surface area contributed by atoms with Crippen molar-refractivity contribution in [2.24, 2.45) is 0 Å². The van der Waals surface area contributed by atoms with E-state index in [9.17, 15) is 9.59 Å². The monoisotopic (exact) mass is 395 g/mol. The van der Waals surface area contributed by atoms with E-state index >= 15 is 0 Å².